The van der Waals surface area contributed by atoms with Crippen molar-refractivity contribution < 1.29 is 28.9 Å². The molecule has 0 unspecified atom stereocenters. The fraction of sp³-hybridized carbons (Fsp3) is 0.522. The van der Waals surface area contributed by atoms with E-state index in [1.165, 1.54) is 12.2 Å². The van der Waals surface area contributed by atoms with Crippen molar-refractivity contribution in [3.63, 3.8) is 0 Å². The van der Waals surface area contributed by atoms with Crippen molar-refractivity contribution in [2.45, 2.75) is 63.9 Å². The van der Waals surface area contributed by atoms with Crippen LogP contribution in [0.15, 0.2) is 42.6 Å². The smallest absolute Gasteiger partial charge is 0.460 e. The first kappa shape index (κ1) is 22.8. The van der Waals surface area contributed by atoms with Crippen LogP contribution in [0.25, 0.3) is 0 Å². The number of carbonyl (C=O) groups is 2. The number of hydrogen-bond acceptors (Lipinski definition) is 8. The van der Waals surface area contributed by atoms with Gasteiger partial charge in [0.15, 0.2) is 0 Å². The van der Waals surface area contributed by atoms with Crippen molar-refractivity contribution in [2.24, 2.45) is 11.8 Å². The number of aromatic nitrogens is 1. The number of esters is 1. The van der Waals surface area contributed by atoms with Gasteiger partial charge in [0, 0.05) is 17.8 Å². The molecule has 8 heteroatoms. The largest absolute Gasteiger partial charge is 0.508 e. The second kappa shape index (κ2) is 10.9. The number of allylic oxidation sites excluding steroid dienone is 2. The summed E-state index contributed by atoms with van der Waals surface area (Å²) < 4.78 is 16.0. The van der Waals surface area contributed by atoms with Gasteiger partial charge in [-0.15, -0.1) is 0 Å². The third-order valence-corrected chi connectivity index (χ3v) is 5.64. The van der Waals surface area contributed by atoms with E-state index in [-0.39, 0.29) is 30.7 Å². The minimum atomic E-state index is -0.844. The highest BCUT2D eigenvalue weighted by atomic mass is 16.7. The van der Waals surface area contributed by atoms with Crippen LogP contribution in [-0.4, -0.2) is 40.5 Å². The standard InChI is InChI=1S/C23H30N2O6/c1-15-5-3-2-4-6-17-11-18(12-19(17)20(26)8-10-22(27)30-15)31-23(28)29-14-16-7-9-21(24)25-13-16/h4,6-10,13,15,17-20,26H,2-3,5,11-12,14H2,1H3,(H2,24,25)/b6-4+,10-8+/t15-,17+,18-,19+,20+/m0/s1. The van der Waals surface area contributed by atoms with E-state index in [0.717, 1.165) is 19.3 Å². The molecular weight excluding hydrogens is 400 g/mol. The first-order valence-electron chi connectivity index (χ1n) is 10.7. The van der Waals surface area contributed by atoms with E-state index in [0.29, 0.717) is 24.2 Å². The second-order valence-electron chi connectivity index (χ2n) is 8.13. The second-order valence-corrected chi connectivity index (χ2v) is 8.13. The molecule has 1 saturated carbocycles. The topological polar surface area (TPSA) is 121 Å². The number of fused-ring (bicyclic) bond motifs is 1. The van der Waals surface area contributed by atoms with Crippen LogP contribution in [-0.2, 0) is 25.6 Å². The molecule has 0 spiro atoms. The molecule has 0 bridgehead atoms. The Morgan fingerprint density at radius 1 is 1.32 bits per heavy atom. The van der Waals surface area contributed by atoms with Crippen molar-refractivity contribution in [1.29, 1.82) is 0 Å². The predicted molar refractivity (Wildman–Crippen MR) is 114 cm³/mol. The Morgan fingerprint density at radius 2 is 2.16 bits per heavy atom. The molecule has 1 aromatic rings. The molecule has 1 aromatic heterocycles. The summed E-state index contributed by atoms with van der Waals surface area (Å²) in [6.45, 7) is 1.91. The van der Waals surface area contributed by atoms with Gasteiger partial charge in [0.2, 0.25) is 0 Å². The summed E-state index contributed by atoms with van der Waals surface area (Å²) in [5, 5.41) is 10.6. The highest BCUT2D eigenvalue weighted by molar-refractivity contribution is 5.82. The molecule has 0 saturated heterocycles. The summed E-state index contributed by atoms with van der Waals surface area (Å²) in [7, 11) is 0. The number of aliphatic hydroxyl groups is 1. The van der Waals surface area contributed by atoms with Gasteiger partial charge >= 0.3 is 12.1 Å². The summed E-state index contributed by atoms with van der Waals surface area (Å²) in [6.07, 6.45) is 9.93. The minimum absolute atomic E-state index is 0.0351. The van der Waals surface area contributed by atoms with Crippen LogP contribution in [0.2, 0.25) is 0 Å². The maximum atomic E-state index is 12.1. The Kier molecular flexibility index (Phi) is 8.06. The van der Waals surface area contributed by atoms with E-state index < -0.39 is 18.2 Å². The Morgan fingerprint density at radius 3 is 2.94 bits per heavy atom. The lowest BCUT2D eigenvalue weighted by Crippen LogP contribution is -2.22. The molecule has 5 atom stereocenters. The zero-order valence-corrected chi connectivity index (χ0v) is 17.7. The van der Waals surface area contributed by atoms with Crippen molar-refractivity contribution in [3.8, 4) is 0 Å². The average Bonchev–Trinajstić information content (AvgIpc) is 3.13. The zero-order chi connectivity index (χ0) is 22.2. The molecule has 0 amide bonds. The summed E-state index contributed by atoms with van der Waals surface area (Å²) in [6, 6.07) is 3.36. The SMILES string of the molecule is C[C@H]1CCC/C=C/[C@@H]2C[C@H](OC(=O)OCc3ccc(N)nc3)C[C@H]2[C@H](O)/C=C/C(=O)O1. The summed E-state index contributed by atoms with van der Waals surface area (Å²) >= 11 is 0. The Labute approximate surface area is 182 Å². The number of anilines is 1. The normalized spacial score (nSPS) is 31.2. The first-order chi connectivity index (χ1) is 14.9. The van der Waals surface area contributed by atoms with Crippen LogP contribution < -0.4 is 5.73 Å². The van der Waals surface area contributed by atoms with Gasteiger partial charge in [0.05, 0.1) is 12.2 Å². The molecule has 3 N–H and O–H groups in total. The van der Waals surface area contributed by atoms with E-state index in [2.05, 4.69) is 17.1 Å². The fourth-order valence-electron chi connectivity index (χ4n) is 4.01. The monoisotopic (exact) mass is 430 g/mol. The number of hydrogen-bond donors (Lipinski definition) is 2. The van der Waals surface area contributed by atoms with Gasteiger partial charge in [-0.05, 0) is 63.0 Å². The molecule has 0 radical (unpaired) electrons. The molecule has 2 heterocycles. The van der Waals surface area contributed by atoms with Gasteiger partial charge in [-0.3, -0.25) is 0 Å². The van der Waals surface area contributed by atoms with Gasteiger partial charge in [0.1, 0.15) is 18.5 Å². The van der Waals surface area contributed by atoms with Crippen LogP contribution in [0.1, 0.15) is 44.6 Å². The molecule has 8 nitrogen and oxygen atoms in total. The lowest BCUT2D eigenvalue weighted by molar-refractivity contribution is -0.142. The van der Waals surface area contributed by atoms with Crippen molar-refractivity contribution in [2.75, 3.05) is 5.73 Å². The van der Waals surface area contributed by atoms with E-state index >= 15 is 0 Å². The third kappa shape index (κ3) is 7.10. The van der Waals surface area contributed by atoms with Gasteiger partial charge in [0.25, 0.3) is 0 Å². The molecule has 2 aliphatic rings. The summed E-state index contributed by atoms with van der Waals surface area (Å²) in [4.78, 5) is 28.0. The fourth-order valence-corrected chi connectivity index (χ4v) is 4.01. The first-order valence-corrected chi connectivity index (χ1v) is 10.7. The Bertz CT molecular complexity index is 807. The van der Waals surface area contributed by atoms with Crippen molar-refractivity contribution >= 4 is 17.9 Å². The number of rotatable bonds is 3. The van der Waals surface area contributed by atoms with Crippen LogP contribution in [0.4, 0.5) is 10.6 Å². The van der Waals surface area contributed by atoms with Gasteiger partial charge in [-0.2, -0.15) is 0 Å². The molecule has 0 aromatic carbocycles. The number of nitrogens with zero attached hydrogens (tertiary/aromatic N) is 1. The third-order valence-electron chi connectivity index (χ3n) is 5.64. The summed E-state index contributed by atoms with van der Waals surface area (Å²) in [5.41, 5.74) is 6.25. The number of pyridine rings is 1. The highest BCUT2D eigenvalue weighted by Gasteiger charge is 2.38. The maximum Gasteiger partial charge on any atom is 0.508 e. The number of aliphatic hydroxyl groups excluding tert-OH is 1. The van der Waals surface area contributed by atoms with E-state index in [1.807, 2.05) is 6.92 Å². The quantitative estimate of drug-likeness (QED) is 0.553. The maximum absolute atomic E-state index is 12.1. The molecular formula is C23H30N2O6. The van der Waals surface area contributed by atoms with E-state index in [4.69, 9.17) is 19.9 Å². The zero-order valence-electron chi connectivity index (χ0n) is 17.7. The molecule has 31 heavy (non-hydrogen) atoms. The number of cyclic esters (lactones) is 1. The van der Waals surface area contributed by atoms with Gasteiger partial charge < -0.3 is 25.1 Å². The highest BCUT2D eigenvalue weighted by Crippen LogP contribution is 2.38. The molecule has 1 aliphatic carbocycles. The average molecular weight is 431 g/mol. The van der Waals surface area contributed by atoms with Gasteiger partial charge in [-0.25, -0.2) is 14.6 Å². The summed E-state index contributed by atoms with van der Waals surface area (Å²) in [5.74, 6) is -0.198. The Balaban J connectivity index is 1.58. The van der Waals surface area contributed by atoms with Crippen LogP contribution in [0, 0.1) is 11.8 Å². The number of carbonyl (C=O) groups excluding carboxylic acids is 2. The van der Waals surface area contributed by atoms with Gasteiger partial charge in [-0.1, -0.05) is 18.2 Å². The van der Waals surface area contributed by atoms with Crippen LogP contribution in [0.5, 0.6) is 0 Å². The van der Waals surface area contributed by atoms with Crippen LogP contribution in [0.3, 0.4) is 0 Å². The predicted octanol–water partition coefficient (Wildman–Crippen LogP) is 3.30. The Hall–Kier alpha value is -2.87. The van der Waals surface area contributed by atoms with Crippen molar-refractivity contribution in [1.82, 2.24) is 4.98 Å². The molecule has 1 aliphatic heterocycles. The lowest BCUT2D eigenvalue weighted by atomic mass is 9.90. The molecule has 1 fully saturated rings. The van der Waals surface area contributed by atoms with E-state index in [1.54, 1.807) is 18.3 Å². The van der Waals surface area contributed by atoms with E-state index in [9.17, 15) is 14.7 Å². The minimum Gasteiger partial charge on any atom is -0.460 e. The van der Waals surface area contributed by atoms with Crippen molar-refractivity contribution in [3.05, 3.63) is 48.2 Å². The number of nitrogen functional groups attached to an aromatic ring is 1. The number of ether oxygens (including phenoxy) is 3. The molecule has 168 valence electrons. The lowest BCUT2D eigenvalue weighted by Gasteiger charge is -2.19. The molecule has 3 rings (SSSR count). The van der Waals surface area contributed by atoms with Crippen LogP contribution >= 0.6 is 0 Å². The number of nitrogens with two attached hydrogens (primary N) is 1.